The highest BCUT2D eigenvalue weighted by atomic mass is 32.2. The SMILES string of the molecule is O=C(O)c1cc(S(=O)(=O)NCC2CC3CCC2C3)cs1. The molecule has 0 aromatic carbocycles. The monoisotopic (exact) mass is 315 g/mol. The van der Waals surface area contributed by atoms with E-state index in [1.165, 1.54) is 30.7 Å². The van der Waals surface area contributed by atoms with Crippen LogP contribution in [0, 0.1) is 17.8 Å². The van der Waals surface area contributed by atoms with Crippen molar-refractivity contribution in [2.24, 2.45) is 17.8 Å². The van der Waals surface area contributed by atoms with Crippen molar-refractivity contribution in [3.05, 3.63) is 16.3 Å². The zero-order chi connectivity index (χ0) is 14.3. The maximum Gasteiger partial charge on any atom is 0.345 e. The summed E-state index contributed by atoms with van der Waals surface area (Å²) < 4.78 is 26.9. The number of hydrogen-bond donors (Lipinski definition) is 2. The van der Waals surface area contributed by atoms with Crippen molar-refractivity contribution in [2.75, 3.05) is 6.54 Å². The van der Waals surface area contributed by atoms with Gasteiger partial charge in [-0.25, -0.2) is 17.9 Å². The van der Waals surface area contributed by atoms with Crippen LogP contribution in [0.4, 0.5) is 0 Å². The Kier molecular flexibility index (Phi) is 3.60. The quantitative estimate of drug-likeness (QED) is 0.872. The Morgan fingerprint density at radius 3 is 2.75 bits per heavy atom. The van der Waals surface area contributed by atoms with Crippen LogP contribution in [-0.2, 0) is 10.0 Å². The van der Waals surface area contributed by atoms with Crippen LogP contribution in [0.1, 0.15) is 35.4 Å². The zero-order valence-electron chi connectivity index (χ0n) is 10.9. The number of aromatic carboxylic acids is 1. The minimum atomic E-state index is -3.58. The third-order valence-electron chi connectivity index (χ3n) is 4.52. The summed E-state index contributed by atoms with van der Waals surface area (Å²) in [5, 5.41) is 10.2. The first-order valence-electron chi connectivity index (χ1n) is 6.77. The van der Waals surface area contributed by atoms with Gasteiger partial charge < -0.3 is 5.11 Å². The predicted molar refractivity (Wildman–Crippen MR) is 75.4 cm³/mol. The molecule has 7 heteroatoms. The molecule has 3 unspecified atom stereocenters. The molecule has 2 bridgehead atoms. The molecule has 3 rings (SSSR count). The van der Waals surface area contributed by atoms with Crippen LogP contribution in [0.3, 0.4) is 0 Å². The Morgan fingerprint density at radius 2 is 2.20 bits per heavy atom. The maximum atomic E-state index is 12.1. The van der Waals surface area contributed by atoms with E-state index < -0.39 is 16.0 Å². The highest BCUT2D eigenvalue weighted by Crippen LogP contribution is 2.48. The van der Waals surface area contributed by atoms with Gasteiger partial charge in [0, 0.05) is 11.9 Å². The highest BCUT2D eigenvalue weighted by molar-refractivity contribution is 7.89. The molecule has 0 aliphatic heterocycles. The molecule has 0 radical (unpaired) electrons. The Bertz CT molecular complexity index is 622. The minimum absolute atomic E-state index is 0.0466. The van der Waals surface area contributed by atoms with Crippen LogP contribution in [0.2, 0.25) is 0 Å². The van der Waals surface area contributed by atoms with E-state index >= 15 is 0 Å². The number of carbonyl (C=O) groups is 1. The number of carboxylic acid groups (broad SMARTS) is 1. The number of thiophene rings is 1. The third-order valence-corrected chi connectivity index (χ3v) is 6.99. The van der Waals surface area contributed by atoms with Crippen molar-refractivity contribution in [3.63, 3.8) is 0 Å². The summed E-state index contributed by atoms with van der Waals surface area (Å²) in [6.07, 6.45) is 4.88. The summed E-state index contributed by atoms with van der Waals surface area (Å²) in [4.78, 5) is 10.9. The van der Waals surface area contributed by atoms with Gasteiger partial charge in [-0.05, 0) is 43.1 Å². The molecule has 2 saturated carbocycles. The van der Waals surface area contributed by atoms with Gasteiger partial charge in [-0.1, -0.05) is 6.42 Å². The molecule has 2 N–H and O–H groups in total. The molecule has 0 spiro atoms. The minimum Gasteiger partial charge on any atom is -0.477 e. The van der Waals surface area contributed by atoms with Gasteiger partial charge in [0.1, 0.15) is 4.88 Å². The molecular weight excluding hydrogens is 298 g/mol. The molecule has 5 nitrogen and oxygen atoms in total. The zero-order valence-corrected chi connectivity index (χ0v) is 12.5. The maximum absolute atomic E-state index is 12.1. The van der Waals surface area contributed by atoms with Crippen molar-refractivity contribution in [2.45, 2.75) is 30.6 Å². The van der Waals surface area contributed by atoms with Gasteiger partial charge in [0.05, 0.1) is 4.90 Å². The highest BCUT2D eigenvalue weighted by Gasteiger charge is 2.39. The second-order valence-corrected chi connectivity index (χ2v) is 8.42. The van der Waals surface area contributed by atoms with Crippen LogP contribution in [0.25, 0.3) is 0 Å². The topological polar surface area (TPSA) is 83.5 Å². The molecule has 2 fully saturated rings. The fourth-order valence-corrected chi connectivity index (χ4v) is 5.70. The van der Waals surface area contributed by atoms with Crippen LogP contribution in [0.15, 0.2) is 16.3 Å². The van der Waals surface area contributed by atoms with E-state index in [1.54, 1.807) is 0 Å². The van der Waals surface area contributed by atoms with E-state index in [0.717, 1.165) is 23.7 Å². The summed E-state index contributed by atoms with van der Waals surface area (Å²) >= 11 is 0.936. The lowest BCUT2D eigenvalue weighted by atomic mass is 9.89. The summed E-state index contributed by atoms with van der Waals surface area (Å²) in [5.74, 6) is 0.805. The molecule has 1 aromatic heterocycles. The Balaban J connectivity index is 1.64. The fraction of sp³-hybridized carbons (Fsp3) is 0.615. The van der Waals surface area contributed by atoms with Crippen LogP contribution in [0.5, 0.6) is 0 Å². The number of sulfonamides is 1. The molecular formula is C13H17NO4S2. The van der Waals surface area contributed by atoms with Crippen molar-refractivity contribution in [1.82, 2.24) is 4.72 Å². The fourth-order valence-electron chi connectivity index (χ4n) is 3.50. The molecule has 3 atom stereocenters. The van der Waals surface area contributed by atoms with Gasteiger partial charge in [-0.15, -0.1) is 11.3 Å². The Hall–Kier alpha value is -0.920. The van der Waals surface area contributed by atoms with E-state index in [4.69, 9.17) is 5.11 Å². The first-order chi connectivity index (χ1) is 9.45. The van der Waals surface area contributed by atoms with Gasteiger partial charge in [-0.2, -0.15) is 0 Å². The predicted octanol–water partition coefficient (Wildman–Crippen LogP) is 2.16. The number of nitrogens with one attached hydrogen (secondary N) is 1. The van der Waals surface area contributed by atoms with Gasteiger partial charge in [0.15, 0.2) is 0 Å². The number of fused-ring (bicyclic) bond motifs is 2. The molecule has 0 saturated heterocycles. The smallest absolute Gasteiger partial charge is 0.345 e. The number of rotatable bonds is 5. The van der Waals surface area contributed by atoms with Gasteiger partial charge in [0.25, 0.3) is 0 Å². The van der Waals surface area contributed by atoms with Crippen LogP contribution >= 0.6 is 11.3 Å². The normalized spacial score (nSPS) is 28.9. The molecule has 2 aliphatic rings. The van der Waals surface area contributed by atoms with Crippen molar-refractivity contribution in [1.29, 1.82) is 0 Å². The molecule has 110 valence electrons. The second-order valence-electron chi connectivity index (χ2n) is 5.74. The van der Waals surface area contributed by atoms with Crippen molar-refractivity contribution < 1.29 is 18.3 Å². The van der Waals surface area contributed by atoms with Gasteiger partial charge in [0.2, 0.25) is 10.0 Å². The largest absolute Gasteiger partial charge is 0.477 e. The third kappa shape index (κ3) is 2.62. The Morgan fingerprint density at radius 1 is 1.40 bits per heavy atom. The average molecular weight is 315 g/mol. The summed E-state index contributed by atoms with van der Waals surface area (Å²) in [5.41, 5.74) is 0. The van der Waals surface area contributed by atoms with Gasteiger partial charge >= 0.3 is 5.97 Å². The molecule has 1 aromatic rings. The van der Waals surface area contributed by atoms with Crippen LogP contribution in [-0.4, -0.2) is 26.0 Å². The first-order valence-corrected chi connectivity index (χ1v) is 9.13. The lowest BCUT2D eigenvalue weighted by molar-refractivity contribution is 0.0702. The van der Waals surface area contributed by atoms with Crippen LogP contribution < -0.4 is 4.72 Å². The van der Waals surface area contributed by atoms with E-state index in [0.29, 0.717) is 18.4 Å². The van der Waals surface area contributed by atoms with Crippen molar-refractivity contribution >= 4 is 27.3 Å². The summed E-state index contributed by atoms with van der Waals surface area (Å²) in [6.45, 7) is 0.474. The molecule has 0 amide bonds. The first kappa shape index (κ1) is 14.0. The summed E-state index contributed by atoms with van der Waals surface area (Å²) in [7, 11) is -3.58. The number of carboxylic acids is 1. The van der Waals surface area contributed by atoms with Gasteiger partial charge in [-0.3, -0.25) is 0 Å². The van der Waals surface area contributed by atoms with E-state index in [1.807, 2.05) is 0 Å². The average Bonchev–Trinajstić information content (AvgIpc) is 3.11. The second kappa shape index (κ2) is 5.13. The standard InChI is InChI=1S/C13H17NO4S2/c15-13(16)12-5-11(7-19-12)20(17,18)14-6-10-4-8-1-2-9(10)3-8/h5,7-10,14H,1-4,6H2,(H,15,16). The Labute approximate surface area is 122 Å². The summed E-state index contributed by atoms with van der Waals surface area (Å²) in [6, 6.07) is 1.22. The van der Waals surface area contributed by atoms with E-state index in [-0.39, 0.29) is 9.77 Å². The van der Waals surface area contributed by atoms with Crippen molar-refractivity contribution in [3.8, 4) is 0 Å². The van der Waals surface area contributed by atoms with E-state index in [2.05, 4.69) is 4.72 Å². The lowest BCUT2D eigenvalue weighted by Gasteiger charge is -2.21. The molecule has 2 aliphatic carbocycles. The van der Waals surface area contributed by atoms with E-state index in [9.17, 15) is 13.2 Å². The number of hydrogen-bond acceptors (Lipinski definition) is 4. The molecule has 1 heterocycles. The lowest BCUT2D eigenvalue weighted by Crippen LogP contribution is -2.31. The molecule has 20 heavy (non-hydrogen) atoms.